The van der Waals surface area contributed by atoms with Gasteiger partial charge in [0.15, 0.2) is 0 Å². The molecule has 94 valence electrons. The fourth-order valence-electron chi connectivity index (χ4n) is 1.49. The van der Waals surface area contributed by atoms with Crippen LogP contribution in [0.25, 0.3) is 0 Å². The van der Waals surface area contributed by atoms with Crippen molar-refractivity contribution in [2.24, 2.45) is 0 Å². The maximum atomic E-state index is 11.0. The van der Waals surface area contributed by atoms with Gasteiger partial charge in [-0.15, -0.1) is 0 Å². The summed E-state index contributed by atoms with van der Waals surface area (Å²) in [7, 11) is 0. The van der Waals surface area contributed by atoms with Gasteiger partial charge in [-0.05, 0) is 26.0 Å². The molecular weight excluding hydrogens is 234 g/mol. The quantitative estimate of drug-likeness (QED) is 0.859. The highest BCUT2D eigenvalue weighted by atomic mass is 16.4. The lowest BCUT2D eigenvalue weighted by atomic mass is 10.2. The largest absolute Gasteiger partial charge is 0.478 e. The van der Waals surface area contributed by atoms with E-state index in [4.69, 9.17) is 9.52 Å². The molecule has 0 bridgehead atoms. The second kappa shape index (κ2) is 4.87. The molecule has 0 atom stereocenters. The molecule has 0 fully saturated rings. The minimum atomic E-state index is -1.02. The molecule has 2 rings (SSSR count). The average molecular weight is 247 g/mol. The number of aromatic carboxylic acids is 1. The number of aromatic nitrogens is 2. The number of hydrogen-bond acceptors (Lipinski definition) is 5. The SMILES string of the molecule is Cc1nc(CNc2ncccc2C(=O)O)oc1C. The molecule has 2 aromatic rings. The van der Waals surface area contributed by atoms with E-state index in [1.807, 2.05) is 13.8 Å². The van der Waals surface area contributed by atoms with E-state index >= 15 is 0 Å². The van der Waals surface area contributed by atoms with Crippen molar-refractivity contribution in [2.75, 3.05) is 5.32 Å². The number of carbonyl (C=O) groups is 1. The van der Waals surface area contributed by atoms with E-state index in [2.05, 4.69) is 15.3 Å². The summed E-state index contributed by atoms with van der Waals surface area (Å²) in [6.07, 6.45) is 1.53. The van der Waals surface area contributed by atoms with E-state index < -0.39 is 5.97 Å². The number of anilines is 1. The van der Waals surface area contributed by atoms with E-state index in [0.29, 0.717) is 18.3 Å². The number of carboxylic acid groups (broad SMARTS) is 1. The van der Waals surface area contributed by atoms with Crippen LogP contribution in [0.15, 0.2) is 22.7 Å². The average Bonchev–Trinajstić information content (AvgIpc) is 2.66. The number of hydrogen-bond donors (Lipinski definition) is 2. The molecule has 0 saturated heterocycles. The maximum absolute atomic E-state index is 11.0. The lowest BCUT2D eigenvalue weighted by Gasteiger charge is -2.05. The molecule has 0 amide bonds. The zero-order valence-electron chi connectivity index (χ0n) is 10.1. The van der Waals surface area contributed by atoms with Crippen LogP contribution in [-0.2, 0) is 6.54 Å². The molecule has 6 nitrogen and oxygen atoms in total. The van der Waals surface area contributed by atoms with E-state index in [-0.39, 0.29) is 5.56 Å². The van der Waals surface area contributed by atoms with Crippen LogP contribution >= 0.6 is 0 Å². The zero-order valence-corrected chi connectivity index (χ0v) is 10.1. The highest BCUT2D eigenvalue weighted by molar-refractivity contribution is 5.92. The maximum Gasteiger partial charge on any atom is 0.339 e. The van der Waals surface area contributed by atoms with Crippen molar-refractivity contribution in [1.29, 1.82) is 0 Å². The Labute approximate surface area is 104 Å². The first kappa shape index (κ1) is 12.1. The summed E-state index contributed by atoms with van der Waals surface area (Å²) in [6, 6.07) is 3.07. The Morgan fingerprint density at radius 1 is 1.50 bits per heavy atom. The van der Waals surface area contributed by atoms with Crippen molar-refractivity contribution in [1.82, 2.24) is 9.97 Å². The Balaban J connectivity index is 2.13. The number of nitrogens with zero attached hydrogens (tertiary/aromatic N) is 2. The fourth-order valence-corrected chi connectivity index (χ4v) is 1.49. The summed E-state index contributed by atoms with van der Waals surface area (Å²) < 4.78 is 5.39. The van der Waals surface area contributed by atoms with Gasteiger partial charge in [-0.2, -0.15) is 0 Å². The van der Waals surface area contributed by atoms with Crippen LogP contribution < -0.4 is 5.32 Å². The van der Waals surface area contributed by atoms with Gasteiger partial charge in [0.05, 0.1) is 12.2 Å². The highest BCUT2D eigenvalue weighted by Crippen LogP contribution is 2.14. The van der Waals surface area contributed by atoms with E-state index in [1.54, 1.807) is 6.07 Å². The molecule has 0 aliphatic rings. The van der Waals surface area contributed by atoms with Gasteiger partial charge in [-0.25, -0.2) is 14.8 Å². The van der Waals surface area contributed by atoms with Crippen molar-refractivity contribution in [2.45, 2.75) is 20.4 Å². The monoisotopic (exact) mass is 247 g/mol. The zero-order chi connectivity index (χ0) is 13.1. The third-order valence-electron chi connectivity index (χ3n) is 2.52. The smallest absolute Gasteiger partial charge is 0.339 e. The van der Waals surface area contributed by atoms with Crippen LogP contribution in [0.4, 0.5) is 5.82 Å². The van der Waals surface area contributed by atoms with E-state index in [1.165, 1.54) is 12.3 Å². The van der Waals surface area contributed by atoms with Crippen molar-refractivity contribution >= 4 is 11.8 Å². The number of nitrogens with one attached hydrogen (secondary N) is 1. The Hall–Kier alpha value is -2.37. The molecule has 0 radical (unpaired) electrons. The summed E-state index contributed by atoms with van der Waals surface area (Å²) in [5.41, 5.74) is 0.948. The Bertz CT molecular complexity index is 558. The van der Waals surface area contributed by atoms with Crippen LogP contribution in [0.1, 0.15) is 27.7 Å². The predicted molar refractivity (Wildman–Crippen MR) is 64.5 cm³/mol. The molecule has 2 aromatic heterocycles. The van der Waals surface area contributed by atoms with Gasteiger partial charge in [-0.3, -0.25) is 0 Å². The molecular formula is C12H13N3O3. The lowest BCUT2D eigenvalue weighted by molar-refractivity contribution is 0.0697. The van der Waals surface area contributed by atoms with Crippen LogP contribution in [0, 0.1) is 13.8 Å². The number of pyridine rings is 1. The summed E-state index contributed by atoms with van der Waals surface area (Å²) in [5, 5.41) is 11.9. The predicted octanol–water partition coefficient (Wildman–Crippen LogP) is 2.00. The van der Waals surface area contributed by atoms with Crippen LogP contribution in [0.5, 0.6) is 0 Å². The number of oxazole rings is 1. The highest BCUT2D eigenvalue weighted by Gasteiger charge is 2.11. The van der Waals surface area contributed by atoms with Crippen molar-refractivity contribution in [3.05, 3.63) is 41.2 Å². The summed E-state index contributed by atoms with van der Waals surface area (Å²) in [5.74, 6) is 0.544. The Morgan fingerprint density at radius 3 is 2.89 bits per heavy atom. The van der Waals surface area contributed by atoms with E-state index in [9.17, 15) is 4.79 Å². The molecule has 0 spiro atoms. The summed E-state index contributed by atoms with van der Waals surface area (Å²) in [4.78, 5) is 19.2. The van der Waals surface area contributed by atoms with E-state index in [0.717, 1.165) is 11.5 Å². The third-order valence-corrected chi connectivity index (χ3v) is 2.52. The fraction of sp³-hybridized carbons (Fsp3) is 0.250. The first-order valence-corrected chi connectivity index (χ1v) is 5.43. The van der Waals surface area contributed by atoms with Crippen LogP contribution in [0.2, 0.25) is 0 Å². The molecule has 0 aliphatic heterocycles. The first-order chi connectivity index (χ1) is 8.58. The van der Waals surface area contributed by atoms with Crippen LogP contribution in [0.3, 0.4) is 0 Å². The van der Waals surface area contributed by atoms with Gasteiger partial charge in [0.25, 0.3) is 0 Å². The summed E-state index contributed by atoms with van der Waals surface area (Å²) >= 11 is 0. The lowest BCUT2D eigenvalue weighted by Crippen LogP contribution is -2.08. The molecule has 0 unspecified atom stereocenters. The first-order valence-electron chi connectivity index (χ1n) is 5.43. The third kappa shape index (κ3) is 2.48. The molecule has 6 heteroatoms. The number of carboxylic acids is 1. The second-order valence-electron chi connectivity index (χ2n) is 3.81. The number of aryl methyl sites for hydroxylation is 2. The Kier molecular flexibility index (Phi) is 3.27. The minimum absolute atomic E-state index is 0.123. The van der Waals surface area contributed by atoms with Gasteiger partial charge >= 0.3 is 5.97 Å². The standard InChI is InChI=1S/C12H13N3O3/c1-7-8(2)18-10(15-7)6-14-11-9(12(16)17)4-3-5-13-11/h3-5H,6H2,1-2H3,(H,13,14)(H,16,17). The van der Waals surface area contributed by atoms with Crippen molar-refractivity contribution in [3.63, 3.8) is 0 Å². The van der Waals surface area contributed by atoms with Gasteiger partial charge in [-0.1, -0.05) is 0 Å². The molecule has 0 aromatic carbocycles. The van der Waals surface area contributed by atoms with Crippen LogP contribution in [-0.4, -0.2) is 21.0 Å². The van der Waals surface area contributed by atoms with Gasteiger partial charge < -0.3 is 14.8 Å². The van der Waals surface area contributed by atoms with Crippen molar-refractivity contribution in [3.8, 4) is 0 Å². The molecule has 18 heavy (non-hydrogen) atoms. The van der Waals surface area contributed by atoms with Gasteiger partial charge in [0.1, 0.15) is 17.1 Å². The number of rotatable bonds is 4. The topological polar surface area (TPSA) is 88.2 Å². The van der Waals surface area contributed by atoms with Gasteiger partial charge in [0.2, 0.25) is 5.89 Å². The molecule has 0 aliphatic carbocycles. The molecule has 2 heterocycles. The Morgan fingerprint density at radius 2 is 2.28 bits per heavy atom. The normalized spacial score (nSPS) is 10.3. The van der Waals surface area contributed by atoms with Gasteiger partial charge in [0, 0.05) is 6.20 Å². The second-order valence-corrected chi connectivity index (χ2v) is 3.81. The minimum Gasteiger partial charge on any atom is -0.478 e. The van der Waals surface area contributed by atoms with Crippen molar-refractivity contribution < 1.29 is 14.3 Å². The summed E-state index contributed by atoms with van der Waals surface area (Å²) in [6.45, 7) is 3.98. The molecule has 0 saturated carbocycles. The molecule has 2 N–H and O–H groups in total.